The number of nitrogens with one attached hydrogen (secondary N) is 2. The minimum absolute atomic E-state index is 0.0285. The fraction of sp³-hybridized carbons (Fsp3) is 0.519. The molecule has 0 spiro atoms. The maximum atomic E-state index is 12.7. The van der Waals surface area contributed by atoms with Gasteiger partial charge < -0.3 is 29.7 Å². The molecule has 3 aromatic rings. The van der Waals surface area contributed by atoms with Crippen molar-refractivity contribution >= 4 is 15.8 Å². The Morgan fingerprint density at radius 2 is 2.05 bits per heavy atom. The van der Waals surface area contributed by atoms with Crippen molar-refractivity contribution in [2.24, 2.45) is 0 Å². The van der Waals surface area contributed by atoms with E-state index >= 15 is 0 Å². The number of rotatable bonds is 12. The Hall–Kier alpha value is -3.10. The monoisotopic (exact) mass is 574 g/mol. The first-order valence-electron chi connectivity index (χ1n) is 13.3. The number of morpholine rings is 1. The summed E-state index contributed by atoms with van der Waals surface area (Å²) in [5.41, 5.74) is 3.64. The van der Waals surface area contributed by atoms with Crippen molar-refractivity contribution < 1.29 is 27.5 Å². The maximum Gasteiger partial charge on any atom is 0.214 e. The second-order valence-electron chi connectivity index (χ2n) is 9.74. The molecule has 1 aromatic carbocycles. The number of ether oxygens (including phenoxy) is 2. The molecule has 40 heavy (non-hydrogen) atoms. The molecule has 4 rings (SSSR count). The average Bonchev–Trinajstić information content (AvgIpc) is 3.29. The Balaban J connectivity index is 1.69. The second kappa shape index (κ2) is 13.0. The fourth-order valence-corrected chi connectivity index (χ4v) is 5.92. The molecule has 12 nitrogen and oxygen atoms in total. The highest BCUT2D eigenvalue weighted by Gasteiger charge is 2.32. The largest absolute Gasteiger partial charge is 0.491 e. The normalized spacial score (nSPS) is 17.1. The molecule has 1 aliphatic rings. The van der Waals surface area contributed by atoms with Gasteiger partial charge in [-0.15, -0.1) is 0 Å². The van der Waals surface area contributed by atoms with Crippen molar-refractivity contribution in [2.45, 2.75) is 39.8 Å². The van der Waals surface area contributed by atoms with Gasteiger partial charge in [-0.3, -0.25) is 0 Å². The van der Waals surface area contributed by atoms with Gasteiger partial charge in [0.15, 0.2) is 5.82 Å². The van der Waals surface area contributed by atoms with E-state index in [1.807, 2.05) is 45.0 Å². The molecule has 13 heteroatoms. The van der Waals surface area contributed by atoms with E-state index in [9.17, 15) is 13.5 Å². The lowest BCUT2D eigenvalue weighted by molar-refractivity contribution is 0.0373. The van der Waals surface area contributed by atoms with E-state index in [2.05, 4.69) is 15.8 Å². The average molecular weight is 575 g/mol. The molecule has 2 atom stereocenters. The van der Waals surface area contributed by atoms with Crippen LogP contribution in [0.3, 0.4) is 0 Å². The molecular weight excluding hydrogens is 536 g/mol. The van der Waals surface area contributed by atoms with Gasteiger partial charge in [0.1, 0.15) is 30.0 Å². The highest BCUT2D eigenvalue weighted by Crippen LogP contribution is 2.33. The number of hydrogen-bond acceptors (Lipinski definition) is 11. The number of benzene rings is 1. The lowest BCUT2D eigenvalue weighted by Gasteiger charge is -2.34. The van der Waals surface area contributed by atoms with Crippen LogP contribution in [0.15, 0.2) is 28.8 Å². The van der Waals surface area contributed by atoms with E-state index in [4.69, 9.17) is 24.0 Å². The van der Waals surface area contributed by atoms with E-state index < -0.39 is 16.1 Å². The van der Waals surface area contributed by atoms with Gasteiger partial charge >= 0.3 is 0 Å². The Labute approximate surface area is 235 Å². The SMILES string of the molecule is CCS(=O)(=O)N1CCOCC1CNc1nc(-c2cccc(OCC(O)CNC)c2)nc(-c2c(C)noc2C)c1C. The Morgan fingerprint density at radius 1 is 1.25 bits per heavy atom. The Bertz CT molecular complexity index is 1390. The van der Waals surface area contributed by atoms with Gasteiger partial charge in [-0.2, -0.15) is 4.31 Å². The van der Waals surface area contributed by atoms with Crippen molar-refractivity contribution in [1.29, 1.82) is 0 Å². The van der Waals surface area contributed by atoms with Gasteiger partial charge in [-0.05, 0) is 46.9 Å². The number of aromatic nitrogens is 3. The molecule has 3 N–H and O–H groups in total. The molecule has 0 amide bonds. The number of sulfonamides is 1. The third-order valence-corrected chi connectivity index (χ3v) is 8.72. The molecule has 3 heterocycles. The summed E-state index contributed by atoms with van der Waals surface area (Å²) in [5.74, 6) is 2.25. The molecular formula is C27H38N6O6S. The first-order valence-corrected chi connectivity index (χ1v) is 14.9. The van der Waals surface area contributed by atoms with Crippen LogP contribution in [0, 0.1) is 20.8 Å². The highest BCUT2D eigenvalue weighted by molar-refractivity contribution is 7.89. The number of aryl methyl sites for hydroxylation is 2. The van der Waals surface area contributed by atoms with Crippen molar-refractivity contribution in [1.82, 2.24) is 24.7 Å². The van der Waals surface area contributed by atoms with Gasteiger partial charge in [0.2, 0.25) is 10.0 Å². The number of hydrogen-bond donors (Lipinski definition) is 3. The molecule has 0 bridgehead atoms. The molecule has 0 radical (unpaired) electrons. The van der Waals surface area contributed by atoms with Gasteiger partial charge in [0.25, 0.3) is 0 Å². The molecule has 2 unspecified atom stereocenters. The van der Waals surface area contributed by atoms with Crippen molar-refractivity contribution in [3.05, 3.63) is 41.3 Å². The quantitative estimate of drug-likeness (QED) is 0.292. The van der Waals surface area contributed by atoms with Crippen LogP contribution in [0.2, 0.25) is 0 Å². The van der Waals surface area contributed by atoms with E-state index in [0.717, 1.165) is 11.1 Å². The third kappa shape index (κ3) is 6.78. The van der Waals surface area contributed by atoms with E-state index in [1.165, 1.54) is 4.31 Å². The molecule has 0 aliphatic carbocycles. The summed E-state index contributed by atoms with van der Waals surface area (Å²) in [4.78, 5) is 9.73. The Morgan fingerprint density at radius 3 is 2.75 bits per heavy atom. The van der Waals surface area contributed by atoms with Crippen LogP contribution < -0.4 is 15.4 Å². The number of anilines is 1. The van der Waals surface area contributed by atoms with Crippen LogP contribution in [0.5, 0.6) is 5.75 Å². The molecule has 1 fully saturated rings. The topological polar surface area (TPSA) is 152 Å². The van der Waals surface area contributed by atoms with Crippen LogP contribution in [0.1, 0.15) is 23.9 Å². The molecule has 1 aliphatic heterocycles. The Kier molecular flexibility index (Phi) is 9.74. The fourth-order valence-electron chi connectivity index (χ4n) is 4.64. The van der Waals surface area contributed by atoms with Crippen LogP contribution in [0.25, 0.3) is 22.6 Å². The van der Waals surface area contributed by atoms with E-state index in [1.54, 1.807) is 14.0 Å². The smallest absolute Gasteiger partial charge is 0.214 e. The number of nitrogens with zero attached hydrogens (tertiary/aromatic N) is 4. The highest BCUT2D eigenvalue weighted by atomic mass is 32.2. The van der Waals surface area contributed by atoms with Gasteiger partial charge in [-0.25, -0.2) is 18.4 Å². The number of likely N-dealkylation sites (N-methyl/N-ethyl adjacent to an activating group) is 1. The first-order chi connectivity index (χ1) is 19.1. The minimum atomic E-state index is -3.39. The zero-order valence-corrected chi connectivity index (χ0v) is 24.4. The van der Waals surface area contributed by atoms with Gasteiger partial charge in [0, 0.05) is 30.8 Å². The summed E-state index contributed by atoms with van der Waals surface area (Å²) in [7, 11) is -1.62. The van der Waals surface area contributed by atoms with Crippen LogP contribution in [-0.4, -0.2) is 97.4 Å². The number of aliphatic hydroxyl groups is 1. The molecule has 2 aromatic heterocycles. The zero-order chi connectivity index (χ0) is 28.9. The van der Waals surface area contributed by atoms with Gasteiger partial charge in [-0.1, -0.05) is 17.3 Å². The summed E-state index contributed by atoms with van der Waals surface area (Å²) in [5, 5.41) is 20.4. The maximum absolute atomic E-state index is 12.7. The standard InChI is InChI=1S/C27H38N6O6S/c1-6-40(35,36)33-10-11-37-15-21(33)13-29-26-17(2)25(24-18(3)32-39-19(24)4)30-27(31-26)20-8-7-9-23(12-20)38-16-22(34)14-28-5/h7-9,12,21-22,28,34H,6,10-11,13-16H2,1-5H3,(H,29,30,31). The predicted octanol–water partition coefficient (Wildman–Crippen LogP) is 2.15. The zero-order valence-electron chi connectivity index (χ0n) is 23.6. The molecule has 0 saturated carbocycles. The predicted molar refractivity (Wildman–Crippen MR) is 152 cm³/mol. The summed E-state index contributed by atoms with van der Waals surface area (Å²) in [6.45, 7) is 9.08. The first kappa shape index (κ1) is 29.9. The molecule has 1 saturated heterocycles. The van der Waals surface area contributed by atoms with Crippen LogP contribution >= 0.6 is 0 Å². The third-order valence-electron chi connectivity index (χ3n) is 6.79. The number of aliphatic hydroxyl groups excluding tert-OH is 1. The van der Waals surface area contributed by atoms with Crippen molar-refractivity contribution in [2.75, 3.05) is 57.6 Å². The minimum Gasteiger partial charge on any atom is -0.491 e. The lowest BCUT2D eigenvalue weighted by Crippen LogP contribution is -2.52. The van der Waals surface area contributed by atoms with Crippen LogP contribution in [-0.2, 0) is 14.8 Å². The second-order valence-corrected chi connectivity index (χ2v) is 12.0. The van der Waals surface area contributed by atoms with Crippen LogP contribution in [0.4, 0.5) is 5.82 Å². The van der Waals surface area contributed by atoms with E-state index in [0.29, 0.717) is 73.0 Å². The summed E-state index contributed by atoms with van der Waals surface area (Å²) >= 11 is 0. The van der Waals surface area contributed by atoms with Crippen molar-refractivity contribution in [3.8, 4) is 28.4 Å². The summed E-state index contributed by atoms with van der Waals surface area (Å²) < 4.78 is 43.8. The summed E-state index contributed by atoms with van der Waals surface area (Å²) in [6, 6.07) is 6.98. The van der Waals surface area contributed by atoms with Crippen molar-refractivity contribution in [3.63, 3.8) is 0 Å². The van der Waals surface area contributed by atoms with Gasteiger partial charge in [0.05, 0.1) is 42.0 Å². The summed E-state index contributed by atoms with van der Waals surface area (Å²) in [6.07, 6.45) is -0.647. The van der Waals surface area contributed by atoms with E-state index in [-0.39, 0.29) is 18.4 Å². The molecule has 218 valence electrons. The lowest BCUT2D eigenvalue weighted by atomic mass is 10.0.